The van der Waals surface area contributed by atoms with E-state index in [1.54, 1.807) is 0 Å². The molecule has 0 radical (unpaired) electrons. The summed E-state index contributed by atoms with van der Waals surface area (Å²) < 4.78 is 0. The molecule has 0 bridgehead atoms. The highest BCUT2D eigenvalue weighted by Crippen LogP contribution is 2.22. The topological polar surface area (TPSA) is 41.1 Å². The molecule has 0 amide bonds. The first-order valence-electron chi connectivity index (χ1n) is 6.81. The van der Waals surface area contributed by atoms with Gasteiger partial charge in [0.1, 0.15) is 11.6 Å². The van der Waals surface area contributed by atoms with Crippen LogP contribution in [0.15, 0.2) is 6.20 Å². The van der Waals surface area contributed by atoms with E-state index in [1.165, 1.54) is 25.9 Å². The number of rotatable bonds is 3. The lowest BCUT2D eigenvalue weighted by molar-refractivity contribution is 0.208. The SMILES string of the molecule is Cc1ncc(C)c(N[C@H](C)C2CCN(C)CC2)n1. The lowest BCUT2D eigenvalue weighted by Gasteiger charge is -2.33. The van der Waals surface area contributed by atoms with E-state index < -0.39 is 0 Å². The molecule has 2 heterocycles. The Balaban J connectivity index is 1.98. The number of aromatic nitrogens is 2. The fourth-order valence-electron chi connectivity index (χ4n) is 2.54. The first-order chi connectivity index (χ1) is 8.56. The molecule has 2 rings (SSSR count). The monoisotopic (exact) mass is 248 g/mol. The average Bonchev–Trinajstić information content (AvgIpc) is 2.34. The number of nitrogens with zero attached hydrogens (tertiary/aromatic N) is 3. The van der Waals surface area contributed by atoms with Crippen molar-refractivity contribution in [2.24, 2.45) is 5.92 Å². The molecule has 1 atom stereocenters. The minimum Gasteiger partial charge on any atom is -0.367 e. The standard InChI is InChI=1S/C14H24N4/c1-10-9-15-12(3)17-14(10)16-11(2)13-5-7-18(4)8-6-13/h9,11,13H,5-8H2,1-4H3,(H,15,16,17)/t11-/m1/s1. The Bertz CT molecular complexity index is 397. The van der Waals surface area contributed by atoms with E-state index in [1.807, 2.05) is 13.1 Å². The minimum atomic E-state index is 0.478. The summed E-state index contributed by atoms with van der Waals surface area (Å²) in [6.07, 6.45) is 4.44. The van der Waals surface area contributed by atoms with Gasteiger partial charge in [0.2, 0.25) is 0 Å². The van der Waals surface area contributed by atoms with Gasteiger partial charge in [0.05, 0.1) is 0 Å². The van der Waals surface area contributed by atoms with Crippen molar-refractivity contribution < 1.29 is 0 Å². The van der Waals surface area contributed by atoms with Gasteiger partial charge in [0.15, 0.2) is 0 Å². The van der Waals surface area contributed by atoms with E-state index in [-0.39, 0.29) is 0 Å². The Morgan fingerprint density at radius 1 is 1.33 bits per heavy atom. The summed E-state index contributed by atoms with van der Waals surface area (Å²) in [5.74, 6) is 2.57. The van der Waals surface area contributed by atoms with Crippen LogP contribution in [0.5, 0.6) is 0 Å². The van der Waals surface area contributed by atoms with Gasteiger partial charge < -0.3 is 10.2 Å². The number of hydrogen-bond donors (Lipinski definition) is 1. The zero-order chi connectivity index (χ0) is 13.1. The fraction of sp³-hybridized carbons (Fsp3) is 0.714. The molecule has 1 fully saturated rings. The molecule has 1 aliphatic heterocycles. The van der Waals surface area contributed by atoms with Gasteiger partial charge in [-0.25, -0.2) is 9.97 Å². The van der Waals surface area contributed by atoms with Gasteiger partial charge in [-0.1, -0.05) is 0 Å². The maximum absolute atomic E-state index is 4.49. The van der Waals surface area contributed by atoms with Gasteiger partial charge in [-0.05, 0) is 59.7 Å². The van der Waals surface area contributed by atoms with Crippen LogP contribution in [0.4, 0.5) is 5.82 Å². The third-order valence-electron chi connectivity index (χ3n) is 3.93. The fourth-order valence-corrected chi connectivity index (χ4v) is 2.54. The van der Waals surface area contributed by atoms with Gasteiger partial charge in [0, 0.05) is 17.8 Å². The summed E-state index contributed by atoms with van der Waals surface area (Å²) in [6, 6.07) is 0.478. The molecule has 1 aliphatic rings. The molecule has 0 saturated carbocycles. The highest BCUT2D eigenvalue weighted by molar-refractivity contribution is 5.42. The molecule has 4 nitrogen and oxygen atoms in total. The van der Waals surface area contributed by atoms with Gasteiger partial charge >= 0.3 is 0 Å². The first kappa shape index (κ1) is 13.3. The third-order valence-corrected chi connectivity index (χ3v) is 3.93. The minimum absolute atomic E-state index is 0.478. The average molecular weight is 248 g/mol. The molecule has 0 aliphatic carbocycles. The number of piperidine rings is 1. The molecule has 1 N–H and O–H groups in total. The second-order valence-electron chi connectivity index (χ2n) is 5.52. The molecule has 100 valence electrons. The van der Waals surface area contributed by atoms with Crippen molar-refractivity contribution in [3.05, 3.63) is 17.6 Å². The molecular weight excluding hydrogens is 224 g/mol. The van der Waals surface area contributed by atoms with Crippen LogP contribution in [0, 0.1) is 19.8 Å². The van der Waals surface area contributed by atoms with Crippen LogP contribution in [0.2, 0.25) is 0 Å². The van der Waals surface area contributed by atoms with E-state index in [9.17, 15) is 0 Å². The van der Waals surface area contributed by atoms with Crippen LogP contribution >= 0.6 is 0 Å². The van der Waals surface area contributed by atoms with Gasteiger partial charge in [-0.2, -0.15) is 0 Å². The lowest BCUT2D eigenvalue weighted by atomic mass is 9.90. The van der Waals surface area contributed by atoms with Crippen molar-refractivity contribution in [3.63, 3.8) is 0 Å². The number of aryl methyl sites for hydroxylation is 2. The van der Waals surface area contributed by atoms with E-state index in [0.29, 0.717) is 6.04 Å². The van der Waals surface area contributed by atoms with Crippen LogP contribution < -0.4 is 5.32 Å². The summed E-state index contributed by atoms with van der Waals surface area (Å²) >= 11 is 0. The van der Waals surface area contributed by atoms with Crippen molar-refractivity contribution in [2.75, 3.05) is 25.5 Å². The molecule has 0 aromatic carbocycles. The highest BCUT2D eigenvalue weighted by Gasteiger charge is 2.22. The summed E-state index contributed by atoms with van der Waals surface area (Å²) in [7, 11) is 2.20. The second kappa shape index (κ2) is 5.65. The Morgan fingerprint density at radius 3 is 2.67 bits per heavy atom. The molecule has 18 heavy (non-hydrogen) atoms. The highest BCUT2D eigenvalue weighted by atomic mass is 15.1. The van der Waals surface area contributed by atoms with E-state index in [4.69, 9.17) is 0 Å². The zero-order valence-corrected chi connectivity index (χ0v) is 11.9. The third kappa shape index (κ3) is 3.19. The van der Waals surface area contributed by atoms with Crippen LogP contribution in [0.25, 0.3) is 0 Å². The number of hydrogen-bond acceptors (Lipinski definition) is 4. The Labute approximate surface area is 110 Å². The lowest BCUT2D eigenvalue weighted by Crippen LogP contribution is -2.37. The van der Waals surface area contributed by atoms with Crippen molar-refractivity contribution in [1.29, 1.82) is 0 Å². The predicted molar refractivity (Wildman–Crippen MR) is 74.8 cm³/mol. The second-order valence-corrected chi connectivity index (χ2v) is 5.52. The van der Waals surface area contributed by atoms with E-state index in [2.05, 4.69) is 41.1 Å². The Kier molecular flexibility index (Phi) is 4.17. The summed E-state index contributed by atoms with van der Waals surface area (Å²) in [5.41, 5.74) is 1.13. The summed E-state index contributed by atoms with van der Waals surface area (Å²) in [5, 5.41) is 3.57. The van der Waals surface area contributed by atoms with Crippen LogP contribution in [0.1, 0.15) is 31.2 Å². The first-order valence-corrected chi connectivity index (χ1v) is 6.81. The summed E-state index contributed by atoms with van der Waals surface area (Å²) in [6.45, 7) is 8.68. The zero-order valence-electron chi connectivity index (χ0n) is 11.9. The normalized spacial score (nSPS) is 19.8. The summed E-state index contributed by atoms with van der Waals surface area (Å²) in [4.78, 5) is 11.1. The Hall–Kier alpha value is -1.16. The van der Waals surface area contributed by atoms with E-state index in [0.717, 1.165) is 23.1 Å². The smallest absolute Gasteiger partial charge is 0.132 e. The molecule has 1 aromatic rings. The molecule has 0 spiro atoms. The number of nitrogens with one attached hydrogen (secondary N) is 1. The molecule has 4 heteroatoms. The quantitative estimate of drug-likeness (QED) is 0.890. The van der Waals surface area contributed by atoms with Crippen molar-refractivity contribution in [1.82, 2.24) is 14.9 Å². The van der Waals surface area contributed by atoms with Crippen LogP contribution in [0.3, 0.4) is 0 Å². The molecule has 0 unspecified atom stereocenters. The van der Waals surface area contributed by atoms with Gasteiger partial charge in [0.25, 0.3) is 0 Å². The van der Waals surface area contributed by atoms with Gasteiger partial charge in [-0.3, -0.25) is 0 Å². The van der Waals surface area contributed by atoms with Crippen LogP contribution in [-0.2, 0) is 0 Å². The van der Waals surface area contributed by atoms with Gasteiger partial charge in [-0.15, -0.1) is 0 Å². The molecule has 1 aromatic heterocycles. The largest absolute Gasteiger partial charge is 0.367 e. The number of likely N-dealkylation sites (tertiary alicyclic amines) is 1. The van der Waals surface area contributed by atoms with Crippen molar-refractivity contribution in [2.45, 2.75) is 39.7 Å². The van der Waals surface area contributed by atoms with Crippen molar-refractivity contribution in [3.8, 4) is 0 Å². The Morgan fingerprint density at radius 2 is 2.00 bits per heavy atom. The van der Waals surface area contributed by atoms with Crippen LogP contribution in [-0.4, -0.2) is 41.0 Å². The molecular formula is C14H24N4. The maximum atomic E-state index is 4.49. The van der Waals surface area contributed by atoms with E-state index >= 15 is 0 Å². The van der Waals surface area contributed by atoms with Crippen molar-refractivity contribution >= 4 is 5.82 Å². The molecule has 1 saturated heterocycles. The maximum Gasteiger partial charge on any atom is 0.132 e. The predicted octanol–water partition coefficient (Wildman–Crippen LogP) is 2.24. The number of anilines is 1.